The van der Waals surface area contributed by atoms with Crippen LogP contribution in [0.3, 0.4) is 0 Å². The predicted molar refractivity (Wildman–Crippen MR) is 59.6 cm³/mol. The number of nitrogens with one attached hydrogen (secondary N) is 2. The van der Waals surface area contributed by atoms with E-state index in [2.05, 4.69) is 27.5 Å². The number of hydrogen-bond acceptors (Lipinski definition) is 4. The van der Waals surface area contributed by atoms with E-state index >= 15 is 0 Å². The smallest absolute Gasteiger partial charge is 0.224 e. The van der Waals surface area contributed by atoms with Crippen LogP contribution in [0.1, 0.15) is 26.2 Å². The molecule has 78 valence electrons. The van der Waals surface area contributed by atoms with Crippen LogP contribution in [-0.4, -0.2) is 23.6 Å². The molecule has 1 aromatic heterocycles. The second-order valence-electron chi connectivity index (χ2n) is 3.15. The molecule has 0 bridgehead atoms. The van der Waals surface area contributed by atoms with Gasteiger partial charge in [0.2, 0.25) is 5.95 Å². The Kier molecular flexibility index (Phi) is 4.75. The minimum absolute atomic E-state index is 0.658. The first-order chi connectivity index (χ1) is 6.86. The van der Waals surface area contributed by atoms with Crippen LogP contribution < -0.4 is 10.6 Å². The molecule has 4 nitrogen and oxygen atoms in total. The second kappa shape index (κ2) is 6.18. The molecule has 0 unspecified atom stereocenters. The van der Waals surface area contributed by atoms with Gasteiger partial charge in [-0.25, -0.2) is 4.98 Å². The summed E-state index contributed by atoms with van der Waals surface area (Å²) in [6.07, 6.45) is 5.45. The van der Waals surface area contributed by atoms with Gasteiger partial charge in [0, 0.05) is 19.8 Å². The molecule has 0 spiro atoms. The van der Waals surface area contributed by atoms with E-state index in [9.17, 15) is 0 Å². The third-order valence-corrected chi connectivity index (χ3v) is 1.97. The van der Waals surface area contributed by atoms with Crippen LogP contribution in [0.2, 0.25) is 0 Å². The fourth-order valence-corrected chi connectivity index (χ4v) is 1.17. The quantitative estimate of drug-likeness (QED) is 0.681. The number of rotatable bonds is 6. The predicted octanol–water partition coefficient (Wildman–Crippen LogP) is 2.12. The Bertz CT molecular complexity index is 262. The fourth-order valence-electron chi connectivity index (χ4n) is 1.17. The number of nitrogens with zero attached hydrogens (tertiary/aromatic N) is 2. The highest BCUT2D eigenvalue weighted by molar-refractivity contribution is 5.38. The van der Waals surface area contributed by atoms with Gasteiger partial charge in [-0.3, -0.25) is 0 Å². The maximum atomic E-state index is 4.26. The lowest BCUT2D eigenvalue weighted by Crippen LogP contribution is -2.05. The van der Waals surface area contributed by atoms with Crippen molar-refractivity contribution in [2.24, 2.45) is 0 Å². The van der Waals surface area contributed by atoms with Crippen molar-refractivity contribution in [3.8, 4) is 0 Å². The van der Waals surface area contributed by atoms with Crippen molar-refractivity contribution < 1.29 is 0 Å². The van der Waals surface area contributed by atoms with Gasteiger partial charge in [0.05, 0.1) is 0 Å². The van der Waals surface area contributed by atoms with Crippen LogP contribution in [0.15, 0.2) is 12.3 Å². The Balaban J connectivity index is 2.34. The SMILES string of the molecule is CCCCCNc1ccnc(NC)n1. The summed E-state index contributed by atoms with van der Waals surface area (Å²) < 4.78 is 0. The van der Waals surface area contributed by atoms with Crippen LogP contribution in [-0.2, 0) is 0 Å². The molecule has 0 saturated carbocycles. The van der Waals surface area contributed by atoms with Crippen molar-refractivity contribution in [3.63, 3.8) is 0 Å². The lowest BCUT2D eigenvalue weighted by Gasteiger charge is -2.05. The molecule has 0 amide bonds. The molecule has 0 fully saturated rings. The standard InChI is InChI=1S/C10H18N4/c1-3-4-5-7-12-9-6-8-13-10(11-2)14-9/h6,8H,3-5,7H2,1-2H3,(H2,11,12,13,14). The normalized spacial score (nSPS) is 9.86. The molecule has 0 aliphatic rings. The Morgan fingerprint density at radius 1 is 1.36 bits per heavy atom. The fraction of sp³-hybridized carbons (Fsp3) is 0.600. The van der Waals surface area contributed by atoms with E-state index in [1.54, 1.807) is 6.20 Å². The van der Waals surface area contributed by atoms with Gasteiger partial charge in [0.15, 0.2) is 0 Å². The molecule has 14 heavy (non-hydrogen) atoms. The van der Waals surface area contributed by atoms with Crippen molar-refractivity contribution in [2.75, 3.05) is 24.2 Å². The summed E-state index contributed by atoms with van der Waals surface area (Å²) >= 11 is 0. The summed E-state index contributed by atoms with van der Waals surface area (Å²) in [6, 6.07) is 1.88. The molecule has 1 heterocycles. The van der Waals surface area contributed by atoms with Gasteiger partial charge in [0.1, 0.15) is 5.82 Å². The molecular formula is C10H18N4. The number of unbranched alkanes of at least 4 members (excludes halogenated alkanes) is 2. The molecule has 2 N–H and O–H groups in total. The minimum atomic E-state index is 0.658. The van der Waals surface area contributed by atoms with Crippen molar-refractivity contribution in [1.82, 2.24) is 9.97 Å². The van der Waals surface area contributed by atoms with Crippen molar-refractivity contribution >= 4 is 11.8 Å². The van der Waals surface area contributed by atoms with Gasteiger partial charge in [-0.2, -0.15) is 4.98 Å². The molecule has 0 aliphatic heterocycles. The highest BCUT2D eigenvalue weighted by Gasteiger charge is 1.95. The second-order valence-corrected chi connectivity index (χ2v) is 3.15. The summed E-state index contributed by atoms with van der Waals surface area (Å²) in [6.45, 7) is 3.18. The van der Waals surface area contributed by atoms with Gasteiger partial charge in [-0.05, 0) is 12.5 Å². The Morgan fingerprint density at radius 2 is 2.21 bits per heavy atom. The van der Waals surface area contributed by atoms with Crippen LogP contribution in [0.5, 0.6) is 0 Å². The molecule has 0 saturated heterocycles. The van der Waals surface area contributed by atoms with Gasteiger partial charge < -0.3 is 10.6 Å². The van der Waals surface area contributed by atoms with Crippen LogP contribution >= 0.6 is 0 Å². The van der Waals surface area contributed by atoms with Gasteiger partial charge in [-0.15, -0.1) is 0 Å². The number of aromatic nitrogens is 2. The van der Waals surface area contributed by atoms with Crippen LogP contribution in [0, 0.1) is 0 Å². The van der Waals surface area contributed by atoms with Crippen molar-refractivity contribution in [2.45, 2.75) is 26.2 Å². The van der Waals surface area contributed by atoms with Crippen LogP contribution in [0.25, 0.3) is 0 Å². The van der Waals surface area contributed by atoms with Gasteiger partial charge >= 0.3 is 0 Å². The first-order valence-corrected chi connectivity index (χ1v) is 5.11. The molecule has 0 atom stereocenters. The topological polar surface area (TPSA) is 49.8 Å². The Hall–Kier alpha value is -1.32. The largest absolute Gasteiger partial charge is 0.370 e. The molecule has 0 aromatic carbocycles. The first kappa shape index (κ1) is 10.8. The maximum absolute atomic E-state index is 4.26. The lowest BCUT2D eigenvalue weighted by molar-refractivity contribution is 0.742. The summed E-state index contributed by atoms with van der Waals surface area (Å²) in [5.41, 5.74) is 0. The van der Waals surface area contributed by atoms with Crippen LogP contribution in [0.4, 0.5) is 11.8 Å². The maximum Gasteiger partial charge on any atom is 0.224 e. The van der Waals surface area contributed by atoms with E-state index in [1.165, 1.54) is 19.3 Å². The minimum Gasteiger partial charge on any atom is -0.370 e. The van der Waals surface area contributed by atoms with E-state index in [4.69, 9.17) is 0 Å². The zero-order valence-electron chi connectivity index (χ0n) is 8.88. The highest BCUT2D eigenvalue weighted by atomic mass is 15.1. The zero-order chi connectivity index (χ0) is 10.2. The molecule has 4 heteroatoms. The summed E-state index contributed by atoms with van der Waals surface area (Å²) in [5.74, 6) is 1.55. The molecule has 0 radical (unpaired) electrons. The molecule has 1 rings (SSSR count). The Labute approximate surface area is 85.2 Å². The monoisotopic (exact) mass is 194 g/mol. The highest BCUT2D eigenvalue weighted by Crippen LogP contribution is 2.05. The average Bonchev–Trinajstić information content (AvgIpc) is 2.25. The zero-order valence-corrected chi connectivity index (χ0v) is 8.88. The molecular weight excluding hydrogens is 176 g/mol. The lowest BCUT2D eigenvalue weighted by atomic mass is 10.2. The summed E-state index contributed by atoms with van der Waals surface area (Å²) in [5, 5.41) is 6.17. The van der Waals surface area contributed by atoms with Crippen molar-refractivity contribution in [1.29, 1.82) is 0 Å². The average molecular weight is 194 g/mol. The van der Waals surface area contributed by atoms with E-state index < -0.39 is 0 Å². The third kappa shape index (κ3) is 3.60. The molecule has 1 aromatic rings. The van der Waals surface area contributed by atoms with Crippen molar-refractivity contribution in [3.05, 3.63) is 12.3 Å². The van der Waals surface area contributed by atoms with E-state index in [0.29, 0.717) is 5.95 Å². The van der Waals surface area contributed by atoms with Gasteiger partial charge in [-0.1, -0.05) is 19.8 Å². The third-order valence-electron chi connectivity index (χ3n) is 1.97. The van der Waals surface area contributed by atoms with Gasteiger partial charge in [0.25, 0.3) is 0 Å². The van der Waals surface area contributed by atoms with E-state index in [-0.39, 0.29) is 0 Å². The number of anilines is 2. The van der Waals surface area contributed by atoms with E-state index in [1.807, 2.05) is 13.1 Å². The number of hydrogen-bond donors (Lipinski definition) is 2. The Morgan fingerprint density at radius 3 is 2.93 bits per heavy atom. The summed E-state index contributed by atoms with van der Waals surface area (Å²) in [7, 11) is 1.82. The molecule has 0 aliphatic carbocycles. The van der Waals surface area contributed by atoms with E-state index in [0.717, 1.165) is 12.4 Å². The first-order valence-electron chi connectivity index (χ1n) is 5.11. The summed E-state index contributed by atoms with van der Waals surface area (Å²) in [4.78, 5) is 8.30.